The van der Waals surface area contributed by atoms with E-state index in [-0.39, 0.29) is 6.04 Å². The van der Waals surface area contributed by atoms with E-state index >= 15 is 0 Å². The van der Waals surface area contributed by atoms with Gasteiger partial charge in [0, 0.05) is 24.4 Å². The molecule has 0 bridgehead atoms. The molecular weight excluding hydrogens is 474 g/mol. The van der Waals surface area contributed by atoms with Crippen molar-refractivity contribution >= 4 is 11.2 Å². The molecule has 0 radical (unpaired) electrons. The molecule has 1 N–H and O–H groups in total. The molecule has 7 rings (SSSR count). The lowest BCUT2D eigenvalue weighted by molar-refractivity contribution is 0.565. The summed E-state index contributed by atoms with van der Waals surface area (Å²) in [6, 6.07) is 19.3. The van der Waals surface area contributed by atoms with Crippen molar-refractivity contribution in [1.82, 2.24) is 44.9 Å². The van der Waals surface area contributed by atoms with E-state index in [1.165, 1.54) is 11.1 Å². The normalized spacial score (nSPS) is 14.8. The quantitative estimate of drug-likeness (QED) is 0.347. The van der Waals surface area contributed by atoms with Crippen LogP contribution in [0.25, 0.3) is 33.7 Å². The van der Waals surface area contributed by atoms with Crippen LogP contribution in [0.4, 0.5) is 0 Å². The van der Waals surface area contributed by atoms with E-state index in [9.17, 15) is 0 Å². The van der Waals surface area contributed by atoms with Crippen LogP contribution in [-0.2, 0) is 19.4 Å². The molecule has 0 saturated carbocycles. The van der Waals surface area contributed by atoms with Gasteiger partial charge in [-0.25, -0.2) is 15.1 Å². The summed E-state index contributed by atoms with van der Waals surface area (Å²) >= 11 is 0. The second kappa shape index (κ2) is 9.02. The number of hydrogen-bond acceptors (Lipinski definition) is 6. The summed E-state index contributed by atoms with van der Waals surface area (Å²) < 4.78 is 4.29. The molecule has 9 nitrogen and oxygen atoms in total. The zero-order valence-electron chi connectivity index (χ0n) is 21.3. The first kappa shape index (κ1) is 22.5. The predicted molar refractivity (Wildman–Crippen MR) is 144 cm³/mol. The van der Waals surface area contributed by atoms with E-state index in [0.717, 1.165) is 64.2 Å². The highest BCUT2D eigenvalue weighted by Crippen LogP contribution is 2.40. The Kier molecular flexibility index (Phi) is 5.35. The summed E-state index contributed by atoms with van der Waals surface area (Å²) in [5.74, 6) is 1.75. The summed E-state index contributed by atoms with van der Waals surface area (Å²) in [7, 11) is 0. The van der Waals surface area contributed by atoms with Crippen LogP contribution in [0, 0.1) is 6.92 Å². The van der Waals surface area contributed by atoms with Crippen molar-refractivity contribution in [1.29, 1.82) is 0 Å². The maximum atomic E-state index is 5.12. The average molecular weight is 502 g/mol. The molecule has 1 aliphatic carbocycles. The minimum atomic E-state index is 0.208. The van der Waals surface area contributed by atoms with Gasteiger partial charge >= 0.3 is 0 Å². The Balaban J connectivity index is 1.31. The Hall–Kier alpha value is -4.66. The van der Waals surface area contributed by atoms with Crippen LogP contribution in [0.15, 0.2) is 67.0 Å². The van der Waals surface area contributed by atoms with Crippen molar-refractivity contribution in [3.63, 3.8) is 0 Å². The fourth-order valence-corrected chi connectivity index (χ4v) is 5.79. The van der Waals surface area contributed by atoms with E-state index in [0.29, 0.717) is 12.4 Å². The fraction of sp³-hybridized carbons (Fsp3) is 0.241. The van der Waals surface area contributed by atoms with Gasteiger partial charge in [0.2, 0.25) is 0 Å². The maximum absolute atomic E-state index is 5.12. The Labute approximate surface area is 219 Å². The lowest BCUT2D eigenvalue weighted by Gasteiger charge is -2.18. The molecule has 0 aliphatic heterocycles. The molecule has 1 atom stereocenters. The minimum Gasteiger partial charge on any atom is -0.305 e. The van der Waals surface area contributed by atoms with Gasteiger partial charge in [-0.15, -0.1) is 5.10 Å². The zero-order chi connectivity index (χ0) is 25.6. The van der Waals surface area contributed by atoms with Crippen LogP contribution in [0.3, 0.4) is 0 Å². The number of tetrazole rings is 1. The number of H-pyrrole nitrogens is 1. The molecule has 0 saturated heterocycles. The first-order chi connectivity index (χ1) is 18.7. The SMILES string of the molecule is CCc1nc2c(C)cc(Cn3cccn3)nc2n1[C@H]1CCc2cc(-c3ccccc3-c3nnn[nH]3)ccc21. The number of rotatable bonds is 6. The van der Waals surface area contributed by atoms with Crippen LogP contribution < -0.4 is 0 Å². The number of nitrogens with zero attached hydrogens (tertiary/aromatic N) is 8. The largest absolute Gasteiger partial charge is 0.305 e. The number of hydrogen-bond donors (Lipinski definition) is 1. The third-order valence-corrected chi connectivity index (χ3v) is 7.50. The predicted octanol–water partition coefficient (Wildman–Crippen LogP) is 4.93. The average Bonchev–Trinajstić information content (AvgIpc) is 3.75. The van der Waals surface area contributed by atoms with Crippen molar-refractivity contribution in [2.75, 3.05) is 0 Å². The highest BCUT2D eigenvalue weighted by Gasteiger charge is 2.29. The van der Waals surface area contributed by atoms with Crippen molar-refractivity contribution in [2.24, 2.45) is 0 Å². The van der Waals surface area contributed by atoms with Gasteiger partial charge in [-0.05, 0) is 70.1 Å². The number of aromatic amines is 1. The lowest BCUT2D eigenvalue weighted by Crippen LogP contribution is -2.12. The molecule has 38 heavy (non-hydrogen) atoms. The number of benzene rings is 2. The molecule has 2 aromatic carbocycles. The Morgan fingerprint density at radius 2 is 1.92 bits per heavy atom. The fourth-order valence-electron chi connectivity index (χ4n) is 5.79. The van der Waals surface area contributed by atoms with E-state index < -0.39 is 0 Å². The van der Waals surface area contributed by atoms with Crippen LogP contribution in [-0.4, -0.2) is 44.9 Å². The molecule has 0 spiro atoms. The van der Waals surface area contributed by atoms with Crippen LogP contribution in [0.2, 0.25) is 0 Å². The van der Waals surface area contributed by atoms with Gasteiger partial charge in [-0.2, -0.15) is 5.10 Å². The smallest absolute Gasteiger partial charge is 0.180 e. The van der Waals surface area contributed by atoms with Gasteiger partial charge in [0.1, 0.15) is 11.3 Å². The molecule has 0 amide bonds. The molecule has 9 heteroatoms. The number of imidazole rings is 1. The third kappa shape index (κ3) is 3.70. The molecule has 4 heterocycles. The highest BCUT2D eigenvalue weighted by atomic mass is 15.5. The molecule has 6 aromatic rings. The molecule has 0 fully saturated rings. The summed E-state index contributed by atoms with van der Waals surface area (Å²) in [6.45, 7) is 4.94. The molecule has 4 aromatic heterocycles. The summed E-state index contributed by atoms with van der Waals surface area (Å²) in [5.41, 5.74) is 10.1. The van der Waals surface area contributed by atoms with Crippen molar-refractivity contribution in [2.45, 2.75) is 45.7 Å². The van der Waals surface area contributed by atoms with Gasteiger partial charge < -0.3 is 4.57 Å². The van der Waals surface area contributed by atoms with E-state index in [1.54, 1.807) is 6.20 Å². The summed E-state index contributed by atoms with van der Waals surface area (Å²) in [5, 5.41) is 18.9. The van der Waals surface area contributed by atoms with Crippen molar-refractivity contribution in [3.8, 4) is 22.5 Å². The summed E-state index contributed by atoms with van der Waals surface area (Å²) in [6.07, 6.45) is 6.66. The van der Waals surface area contributed by atoms with Crippen molar-refractivity contribution in [3.05, 3.63) is 95.2 Å². The molecule has 188 valence electrons. The van der Waals surface area contributed by atoms with E-state index in [2.05, 4.69) is 80.5 Å². The van der Waals surface area contributed by atoms with Gasteiger partial charge in [0.25, 0.3) is 0 Å². The second-order valence-electron chi connectivity index (χ2n) is 9.82. The topological polar surface area (TPSA) is 103 Å². The summed E-state index contributed by atoms with van der Waals surface area (Å²) in [4.78, 5) is 10.2. The van der Waals surface area contributed by atoms with E-state index in [1.807, 2.05) is 29.1 Å². The second-order valence-corrected chi connectivity index (χ2v) is 9.82. The van der Waals surface area contributed by atoms with Crippen molar-refractivity contribution < 1.29 is 0 Å². The monoisotopic (exact) mass is 501 g/mol. The molecular formula is C29H27N9. The van der Waals surface area contributed by atoms with Crippen LogP contribution in [0.1, 0.15) is 47.6 Å². The van der Waals surface area contributed by atoms with Crippen LogP contribution in [0.5, 0.6) is 0 Å². The third-order valence-electron chi connectivity index (χ3n) is 7.50. The van der Waals surface area contributed by atoms with Gasteiger partial charge in [-0.3, -0.25) is 4.68 Å². The zero-order valence-corrected chi connectivity index (χ0v) is 21.3. The Morgan fingerprint density at radius 3 is 2.71 bits per heavy atom. The minimum absolute atomic E-state index is 0.208. The first-order valence-corrected chi connectivity index (χ1v) is 13.0. The standard InChI is InChI=1S/C29H27N9/c1-3-26-32-27-18(2)15-21(17-37-14-6-13-30-37)31-29(27)38(26)25-12-10-20-16-19(9-11-23(20)25)22-7-4-5-8-24(22)28-33-35-36-34-28/h4-9,11,13-16,25H,3,10,12,17H2,1-2H3,(H,33,34,35,36)/t25-/m0/s1. The Morgan fingerprint density at radius 1 is 1.03 bits per heavy atom. The Bertz CT molecular complexity index is 1750. The maximum Gasteiger partial charge on any atom is 0.180 e. The number of aryl methyl sites for hydroxylation is 3. The number of fused-ring (bicyclic) bond motifs is 2. The van der Waals surface area contributed by atoms with Gasteiger partial charge in [-0.1, -0.05) is 49.4 Å². The number of nitrogens with one attached hydrogen (secondary N) is 1. The van der Waals surface area contributed by atoms with Crippen LogP contribution >= 0.6 is 0 Å². The lowest BCUT2D eigenvalue weighted by atomic mass is 9.96. The highest BCUT2D eigenvalue weighted by molar-refractivity contribution is 5.81. The van der Waals surface area contributed by atoms with E-state index in [4.69, 9.17) is 9.97 Å². The molecule has 0 unspecified atom stereocenters. The number of aromatic nitrogens is 9. The van der Waals surface area contributed by atoms with Gasteiger partial charge in [0.05, 0.1) is 18.3 Å². The first-order valence-electron chi connectivity index (χ1n) is 13.0. The number of pyridine rings is 1. The van der Waals surface area contributed by atoms with Gasteiger partial charge in [0.15, 0.2) is 11.5 Å². The molecule has 1 aliphatic rings.